The first-order valence-electron chi connectivity index (χ1n) is 7.17. The van der Waals surface area contributed by atoms with Crippen LogP contribution in [0.3, 0.4) is 0 Å². The summed E-state index contributed by atoms with van der Waals surface area (Å²) in [5.74, 6) is 0.663. The monoisotopic (exact) mass is 315 g/mol. The Kier molecular flexibility index (Phi) is 3.69. The number of rotatable bonds is 5. The Morgan fingerprint density at radius 3 is 2.65 bits per heavy atom. The summed E-state index contributed by atoms with van der Waals surface area (Å²) in [5.41, 5.74) is 5.06. The quantitative estimate of drug-likeness (QED) is 0.646. The largest absolute Gasteiger partial charge is 0.492 e. The van der Waals surface area contributed by atoms with Crippen LogP contribution in [0.25, 0.3) is 0 Å². The Labute approximate surface area is 133 Å². The second-order valence-corrected chi connectivity index (χ2v) is 5.41. The number of anilines is 1. The summed E-state index contributed by atoms with van der Waals surface area (Å²) in [7, 11) is 0. The van der Waals surface area contributed by atoms with Gasteiger partial charge in [0.25, 0.3) is 5.91 Å². The Balaban J connectivity index is 1.63. The van der Waals surface area contributed by atoms with Crippen molar-refractivity contribution in [1.82, 2.24) is 10.2 Å². The molecule has 120 valence electrons. The number of furan rings is 1. The van der Waals surface area contributed by atoms with E-state index < -0.39 is 11.6 Å². The van der Waals surface area contributed by atoms with Crippen LogP contribution in [0, 0.1) is 0 Å². The second kappa shape index (κ2) is 5.68. The molecule has 1 unspecified atom stereocenters. The highest BCUT2D eigenvalue weighted by atomic mass is 16.5. The van der Waals surface area contributed by atoms with Crippen LogP contribution in [0.2, 0.25) is 0 Å². The average molecular weight is 315 g/mol. The standard InChI is InChI=1S/C16H17N3O4/c1-16(13-3-2-9-23-13)14(20)19(15(21)18-16)8-10-22-12-6-4-11(17)5-7-12/h2-7,9H,8,10,17H2,1H3,(H,18,21). The van der Waals surface area contributed by atoms with Crippen LogP contribution in [0.15, 0.2) is 47.1 Å². The lowest BCUT2D eigenvalue weighted by Crippen LogP contribution is -2.41. The molecule has 3 rings (SSSR count). The van der Waals surface area contributed by atoms with E-state index in [1.807, 2.05) is 0 Å². The number of benzene rings is 1. The van der Waals surface area contributed by atoms with E-state index in [2.05, 4.69) is 5.32 Å². The summed E-state index contributed by atoms with van der Waals surface area (Å²) in [6, 6.07) is 9.77. The molecule has 1 aliphatic heterocycles. The highest BCUT2D eigenvalue weighted by Gasteiger charge is 2.50. The summed E-state index contributed by atoms with van der Waals surface area (Å²) in [5, 5.41) is 2.66. The molecule has 0 bridgehead atoms. The maximum atomic E-state index is 12.5. The van der Waals surface area contributed by atoms with E-state index in [1.165, 1.54) is 6.26 Å². The molecule has 2 heterocycles. The van der Waals surface area contributed by atoms with Gasteiger partial charge in [-0.05, 0) is 43.3 Å². The van der Waals surface area contributed by atoms with Gasteiger partial charge < -0.3 is 20.2 Å². The zero-order valence-corrected chi connectivity index (χ0v) is 12.6. The van der Waals surface area contributed by atoms with Gasteiger partial charge in [-0.2, -0.15) is 0 Å². The van der Waals surface area contributed by atoms with Crippen molar-refractivity contribution in [2.75, 3.05) is 18.9 Å². The van der Waals surface area contributed by atoms with Crippen molar-refractivity contribution < 1.29 is 18.7 Å². The lowest BCUT2D eigenvalue weighted by atomic mass is 9.99. The van der Waals surface area contributed by atoms with Crippen LogP contribution in [0.1, 0.15) is 12.7 Å². The predicted molar refractivity (Wildman–Crippen MR) is 82.7 cm³/mol. The Morgan fingerprint density at radius 1 is 1.26 bits per heavy atom. The van der Waals surface area contributed by atoms with Gasteiger partial charge >= 0.3 is 6.03 Å². The van der Waals surface area contributed by atoms with Crippen molar-refractivity contribution >= 4 is 17.6 Å². The number of nitrogens with one attached hydrogen (secondary N) is 1. The smallest absolute Gasteiger partial charge is 0.325 e. The minimum absolute atomic E-state index is 0.144. The molecule has 23 heavy (non-hydrogen) atoms. The minimum Gasteiger partial charge on any atom is -0.492 e. The minimum atomic E-state index is -1.18. The van der Waals surface area contributed by atoms with Crippen LogP contribution < -0.4 is 15.8 Å². The molecule has 1 saturated heterocycles. The summed E-state index contributed by atoms with van der Waals surface area (Å²) in [6.45, 7) is 1.95. The Morgan fingerprint density at radius 2 is 2.00 bits per heavy atom. The van der Waals surface area contributed by atoms with Crippen LogP contribution in [0.4, 0.5) is 10.5 Å². The molecule has 3 N–H and O–H groups in total. The molecular formula is C16H17N3O4. The average Bonchev–Trinajstić information content (AvgIpc) is 3.13. The van der Waals surface area contributed by atoms with Crippen LogP contribution in [-0.4, -0.2) is 30.0 Å². The van der Waals surface area contributed by atoms with Gasteiger partial charge in [0.05, 0.1) is 12.8 Å². The summed E-state index contributed by atoms with van der Waals surface area (Å²) in [6.07, 6.45) is 1.47. The fourth-order valence-electron chi connectivity index (χ4n) is 2.45. The maximum Gasteiger partial charge on any atom is 0.325 e. The number of carbonyl (C=O) groups is 2. The van der Waals surface area contributed by atoms with Crippen LogP contribution >= 0.6 is 0 Å². The first-order chi connectivity index (χ1) is 11.0. The number of urea groups is 1. The van der Waals surface area contributed by atoms with Gasteiger partial charge in [-0.3, -0.25) is 9.69 Å². The molecule has 1 atom stereocenters. The van der Waals surface area contributed by atoms with E-state index in [-0.39, 0.29) is 19.1 Å². The molecule has 0 saturated carbocycles. The number of hydrogen-bond acceptors (Lipinski definition) is 5. The van der Waals surface area contributed by atoms with Gasteiger partial charge in [0.1, 0.15) is 18.1 Å². The second-order valence-electron chi connectivity index (χ2n) is 5.41. The van der Waals surface area contributed by atoms with E-state index >= 15 is 0 Å². The molecule has 7 heteroatoms. The zero-order chi connectivity index (χ0) is 16.4. The first kappa shape index (κ1) is 15.0. The van der Waals surface area contributed by atoms with Gasteiger partial charge in [-0.15, -0.1) is 0 Å². The molecule has 3 amide bonds. The molecule has 1 aromatic heterocycles. The van der Waals surface area contributed by atoms with Crippen molar-refractivity contribution in [3.63, 3.8) is 0 Å². The molecule has 0 radical (unpaired) electrons. The van der Waals surface area contributed by atoms with Crippen LogP contribution in [0.5, 0.6) is 5.75 Å². The van der Waals surface area contributed by atoms with E-state index in [4.69, 9.17) is 14.9 Å². The molecular weight excluding hydrogens is 298 g/mol. The zero-order valence-electron chi connectivity index (χ0n) is 12.6. The lowest BCUT2D eigenvalue weighted by molar-refractivity contribution is -0.131. The molecule has 1 fully saturated rings. The van der Waals surface area contributed by atoms with Crippen molar-refractivity contribution in [1.29, 1.82) is 0 Å². The molecule has 7 nitrogen and oxygen atoms in total. The van der Waals surface area contributed by atoms with Gasteiger partial charge in [-0.25, -0.2) is 4.79 Å². The van der Waals surface area contributed by atoms with E-state index in [0.29, 0.717) is 17.2 Å². The number of amides is 3. The van der Waals surface area contributed by atoms with Crippen LogP contribution in [-0.2, 0) is 10.3 Å². The summed E-state index contributed by atoms with van der Waals surface area (Å²) < 4.78 is 10.8. The fourth-order valence-corrected chi connectivity index (χ4v) is 2.45. The Hall–Kier alpha value is -2.96. The van der Waals surface area contributed by atoms with E-state index in [0.717, 1.165) is 4.90 Å². The third-order valence-electron chi connectivity index (χ3n) is 3.75. The maximum absolute atomic E-state index is 12.5. The SMILES string of the molecule is CC1(c2ccco2)NC(=O)N(CCOc2ccc(N)cc2)C1=O. The number of imide groups is 1. The molecule has 0 spiro atoms. The topological polar surface area (TPSA) is 97.8 Å². The van der Waals surface area contributed by atoms with Crippen molar-refractivity contribution in [3.8, 4) is 5.75 Å². The normalized spacial score (nSPS) is 20.7. The number of carbonyl (C=O) groups excluding carboxylic acids is 2. The number of nitrogens with zero attached hydrogens (tertiary/aromatic N) is 1. The highest BCUT2D eigenvalue weighted by Crippen LogP contribution is 2.28. The fraction of sp³-hybridized carbons (Fsp3) is 0.250. The molecule has 1 aromatic carbocycles. The lowest BCUT2D eigenvalue weighted by Gasteiger charge is -2.19. The summed E-state index contributed by atoms with van der Waals surface area (Å²) >= 11 is 0. The summed E-state index contributed by atoms with van der Waals surface area (Å²) in [4.78, 5) is 25.7. The van der Waals surface area contributed by atoms with Crippen molar-refractivity contribution in [2.45, 2.75) is 12.5 Å². The van der Waals surface area contributed by atoms with Gasteiger partial charge in [0.2, 0.25) is 0 Å². The van der Waals surface area contributed by atoms with Crippen molar-refractivity contribution in [2.24, 2.45) is 0 Å². The molecule has 0 aliphatic carbocycles. The first-order valence-corrected chi connectivity index (χ1v) is 7.17. The highest BCUT2D eigenvalue weighted by molar-refractivity contribution is 6.06. The molecule has 1 aliphatic rings. The van der Waals surface area contributed by atoms with E-state index in [1.54, 1.807) is 43.3 Å². The third-order valence-corrected chi connectivity index (χ3v) is 3.75. The number of nitrogen functional groups attached to an aromatic ring is 1. The number of ether oxygens (including phenoxy) is 1. The van der Waals surface area contributed by atoms with Gasteiger partial charge in [0, 0.05) is 5.69 Å². The van der Waals surface area contributed by atoms with E-state index in [9.17, 15) is 9.59 Å². The number of nitrogens with two attached hydrogens (primary N) is 1. The third kappa shape index (κ3) is 2.73. The predicted octanol–water partition coefficient (Wildman–Crippen LogP) is 1.71. The Bertz CT molecular complexity index is 711. The molecule has 2 aromatic rings. The number of hydrogen-bond donors (Lipinski definition) is 2. The van der Waals surface area contributed by atoms with Crippen molar-refractivity contribution in [3.05, 3.63) is 48.4 Å². The van der Waals surface area contributed by atoms with Gasteiger partial charge in [0.15, 0.2) is 5.54 Å². The van der Waals surface area contributed by atoms with Gasteiger partial charge in [-0.1, -0.05) is 0 Å².